The summed E-state index contributed by atoms with van der Waals surface area (Å²) in [5.41, 5.74) is 1.27. The first kappa shape index (κ1) is 14.9. The fraction of sp³-hybridized carbons (Fsp3) is 0.667. The van der Waals surface area contributed by atoms with E-state index in [2.05, 4.69) is 50.5 Å². The Balaban J connectivity index is 1.75. The highest BCUT2D eigenvalue weighted by atomic mass is 15.2. The predicted molar refractivity (Wildman–Crippen MR) is 83.9 cm³/mol. The zero-order valence-electron chi connectivity index (χ0n) is 12.9. The van der Waals surface area contributed by atoms with Crippen LogP contribution in [0.1, 0.15) is 25.3 Å². The normalized spacial score (nSPS) is 20.4. The Morgan fingerprint density at radius 2 is 2.30 bits per heavy atom. The van der Waals surface area contributed by atoms with Gasteiger partial charge in [-0.05, 0) is 37.6 Å². The van der Waals surface area contributed by atoms with Gasteiger partial charge in [-0.3, -0.25) is 9.89 Å². The minimum absolute atomic E-state index is 0.648. The van der Waals surface area contributed by atoms with E-state index in [1.165, 1.54) is 24.9 Å². The number of guanidine groups is 1. The molecular weight excluding hydrogens is 250 g/mol. The van der Waals surface area contributed by atoms with Crippen molar-refractivity contribution in [3.8, 4) is 0 Å². The predicted octanol–water partition coefficient (Wildman–Crippen LogP) is 1.17. The Bertz CT molecular complexity index is 437. The first-order valence-electron chi connectivity index (χ1n) is 7.52. The van der Waals surface area contributed by atoms with Gasteiger partial charge in [0.25, 0.3) is 0 Å². The summed E-state index contributed by atoms with van der Waals surface area (Å²) in [6, 6.07) is 2.77. The van der Waals surface area contributed by atoms with Crippen LogP contribution in [0.25, 0.3) is 0 Å². The van der Waals surface area contributed by atoms with Crippen LogP contribution >= 0.6 is 0 Å². The van der Waals surface area contributed by atoms with E-state index in [-0.39, 0.29) is 0 Å². The number of likely N-dealkylation sites (tertiary alicyclic amines) is 1. The quantitative estimate of drug-likeness (QED) is 0.627. The van der Waals surface area contributed by atoms with Gasteiger partial charge in [-0.25, -0.2) is 0 Å². The molecule has 0 bridgehead atoms. The molecule has 1 unspecified atom stereocenters. The molecule has 1 aromatic heterocycles. The molecule has 0 aliphatic carbocycles. The number of likely N-dealkylation sites (N-methyl/N-ethyl adjacent to an activating group) is 1. The van der Waals surface area contributed by atoms with Gasteiger partial charge in [0.15, 0.2) is 5.96 Å². The molecule has 0 aromatic carbocycles. The van der Waals surface area contributed by atoms with Crippen molar-refractivity contribution in [1.82, 2.24) is 20.1 Å². The van der Waals surface area contributed by atoms with Crippen molar-refractivity contribution in [3.63, 3.8) is 0 Å². The third-order valence-electron chi connectivity index (χ3n) is 3.99. The van der Waals surface area contributed by atoms with E-state index in [0.717, 1.165) is 25.6 Å². The van der Waals surface area contributed by atoms with Crippen LogP contribution in [0.3, 0.4) is 0 Å². The van der Waals surface area contributed by atoms with E-state index < -0.39 is 0 Å². The zero-order valence-corrected chi connectivity index (χ0v) is 12.9. The summed E-state index contributed by atoms with van der Waals surface area (Å²) in [5.74, 6) is 0.886. The Labute approximate surface area is 122 Å². The second-order valence-corrected chi connectivity index (χ2v) is 5.42. The molecule has 1 fully saturated rings. The first-order chi connectivity index (χ1) is 9.72. The molecule has 1 atom stereocenters. The monoisotopic (exact) mass is 277 g/mol. The molecule has 2 N–H and O–H groups in total. The minimum Gasteiger partial charge on any atom is -0.357 e. The molecule has 0 saturated carbocycles. The SMILES string of the molecule is CCN1CCCC1CNC(=NC)NCc1ccn(C)c1. The molecule has 0 radical (unpaired) electrons. The van der Waals surface area contributed by atoms with Crippen LogP contribution in [0.5, 0.6) is 0 Å². The fourth-order valence-electron chi connectivity index (χ4n) is 2.83. The zero-order chi connectivity index (χ0) is 14.4. The van der Waals surface area contributed by atoms with Gasteiger partial charge in [0, 0.05) is 45.6 Å². The van der Waals surface area contributed by atoms with Crippen molar-refractivity contribution in [2.24, 2.45) is 12.0 Å². The smallest absolute Gasteiger partial charge is 0.191 e. The third kappa shape index (κ3) is 4.00. The van der Waals surface area contributed by atoms with Crippen LogP contribution in [-0.4, -0.2) is 48.2 Å². The lowest BCUT2D eigenvalue weighted by molar-refractivity contribution is 0.267. The van der Waals surface area contributed by atoms with Crippen LogP contribution in [0, 0.1) is 0 Å². The summed E-state index contributed by atoms with van der Waals surface area (Å²) in [6.45, 7) is 6.40. The summed E-state index contributed by atoms with van der Waals surface area (Å²) >= 11 is 0. The second-order valence-electron chi connectivity index (χ2n) is 5.42. The largest absolute Gasteiger partial charge is 0.357 e. The maximum Gasteiger partial charge on any atom is 0.191 e. The van der Waals surface area contributed by atoms with Crippen molar-refractivity contribution in [2.75, 3.05) is 26.7 Å². The maximum atomic E-state index is 4.29. The van der Waals surface area contributed by atoms with Crippen molar-refractivity contribution in [1.29, 1.82) is 0 Å². The molecular formula is C15H27N5. The molecule has 2 rings (SSSR count). The van der Waals surface area contributed by atoms with Crippen LogP contribution in [-0.2, 0) is 13.6 Å². The first-order valence-corrected chi connectivity index (χ1v) is 7.52. The fourth-order valence-corrected chi connectivity index (χ4v) is 2.83. The number of hydrogen-bond acceptors (Lipinski definition) is 2. The summed E-state index contributed by atoms with van der Waals surface area (Å²) in [5, 5.41) is 6.81. The number of aliphatic imine (C=N–C) groups is 1. The van der Waals surface area contributed by atoms with Gasteiger partial charge in [0.05, 0.1) is 0 Å². The molecule has 1 aliphatic heterocycles. The lowest BCUT2D eigenvalue weighted by atomic mass is 10.2. The van der Waals surface area contributed by atoms with Crippen LogP contribution in [0.4, 0.5) is 0 Å². The van der Waals surface area contributed by atoms with Crippen molar-refractivity contribution in [2.45, 2.75) is 32.4 Å². The number of hydrogen-bond donors (Lipinski definition) is 2. The summed E-state index contributed by atoms with van der Waals surface area (Å²) < 4.78 is 2.06. The molecule has 5 heteroatoms. The standard InChI is InChI=1S/C15H27N5/c1-4-20-8-5-6-14(20)11-18-15(16-2)17-10-13-7-9-19(3)12-13/h7,9,12,14H,4-6,8,10-11H2,1-3H3,(H2,16,17,18). The van der Waals surface area contributed by atoms with Crippen molar-refractivity contribution in [3.05, 3.63) is 24.0 Å². The van der Waals surface area contributed by atoms with E-state index in [9.17, 15) is 0 Å². The van der Waals surface area contributed by atoms with Gasteiger partial charge in [-0.15, -0.1) is 0 Å². The minimum atomic E-state index is 0.648. The number of nitrogens with one attached hydrogen (secondary N) is 2. The molecule has 5 nitrogen and oxygen atoms in total. The summed E-state index contributed by atoms with van der Waals surface area (Å²) in [7, 11) is 3.86. The molecule has 0 spiro atoms. The topological polar surface area (TPSA) is 44.6 Å². The van der Waals surface area contributed by atoms with E-state index in [4.69, 9.17) is 0 Å². The van der Waals surface area contributed by atoms with E-state index >= 15 is 0 Å². The molecule has 20 heavy (non-hydrogen) atoms. The average molecular weight is 277 g/mol. The Morgan fingerprint density at radius 1 is 1.45 bits per heavy atom. The maximum absolute atomic E-state index is 4.29. The molecule has 112 valence electrons. The number of aryl methyl sites for hydroxylation is 1. The van der Waals surface area contributed by atoms with E-state index in [1.807, 2.05) is 14.1 Å². The van der Waals surface area contributed by atoms with Gasteiger partial charge in [0.2, 0.25) is 0 Å². The Hall–Kier alpha value is -1.49. The van der Waals surface area contributed by atoms with Crippen molar-refractivity contribution >= 4 is 5.96 Å². The molecule has 2 heterocycles. The van der Waals surface area contributed by atoms with Gasteiger partial charge >= 0.3 is 0 Å². The van der Waals surface area contributed by atoms with Crippen LogP contribution in [0.2, 0.25) is 0 Å². The molecule has 1 aliphatic rings. The lowest BCUT2D eigenvalue weighted by Crippen LogP contribution is -2.44. The van der Waals surface area contributed by atoms with E-state index in [1.54, 1.807) is 0 Å². The van der Waals surface area contributed by atoms with Gasteiger partial charge in [-0.1, -0.05) is 6.92 Å². The molecule has 1 aromatic rings. The Kier molecular flexibility index (Phi) is 5.47. The molecule has 0 amide bonds. The highest BCUT2D eigenvalue weighted by Gasteiger charge is 2.22. The lowest BCUT2D eigenvalue weighted by Gasteiger charge is -2.23. The van der Waals surface area contributed by atoms with Gasteiger partial charge < -0.3 is 15.2 Å². The number of nitrogens with zero attached hydrogens (tertiary/aromatic N) is 3. The number of rotatable bonds is 5. The second kappa shape index (κ2) is 7.33. The van der Waals surface area contributed by atoms with E-state index in [0.29, 0.717) is 6.04 Å². The third-order valence-corrected chi connectivity index (χ3v) is 3.99. The average Bonchev–Trinajstić information content (AvgIpc) is 3.07. The highest BCUT2D eigenvalue weighted by Crippen LogP contribution is 2.15. The molecule has 1 saturated heterocycles. The summed E-state index contributed by atoms with van der Waals surface area (Å²) in [4.78, 5) is 6.83. The summed E-state index contributed by atoms with van der Waals surface area (Å²) in [6.07, 6.45) is 6.79. The number of aromatic nitrogens is 1. The van der Waals surface area contributed by atoms with Crippen LogP contribution < -0.4 is 10.6 Å². The highest BCUT2D eigenvalue weighted by molar-refractivity contribution is 5.79. The Morgan fingerprint density at radius 3 is 2.95 bits per heavy atom. The van der Waals surface area contributed by atoms with Crippen molar-refractivity contribution < 1.29 is 0 Å². The van der Waals surface area contributed by atoms with Crippen LogP contribution in [0.15, 0.2) is 23.5 Å². The van der Waals surface area contributed by atoms with Gasteiger partial charge in [0.1, 0.15) is 0 Å². The van der Waals surface area contributed by atoms with Gasteiger partial charge in [-0.2, -0.15) is 0 Å².